The highest BCUT2D eigenvalue weighted by molar-refractivity contribution is 6.04. The van der Waals surface area contributed by atoms with Crippen molar-refractivity contribution in [3.05, 3.63) is 54.2 Å². The molecule has 0 aliphatic carbocycles. The second-order valence-corrected chi connectivity index (χ2v) is 6.53. The molecule has 0 spiro atoms. The molecule has 0 radical (unpaired) electrons. The van der Waals surface area contributed by atoms with Crippen LogP contribution in [0.1, 0.15) is 30.6 Å². The van der Waals surface area contributed by atoms with Crippen molar-refractivity contribution in [3.8, 4) is 0 Å². The number of amides is 2. The molecule has 1 unspecified atom stereocenters. The molecule has 0 saturated heterocycles. The number of nitrogens with one attached hydrogen (secondary N) is 2. The number of anilines is 2. The molecule has 3 rings (SSSR count). The van der Waals surface area contributed by atoms with E-state index in [1.807, 2.05) is 18.2 Å². The van der Waals surface area contributed by atoms with Crippen LogP contribution in [0.25, 0.3) is 0 Å². The summed E-state index contributed by atoms with van der Waals surface area (Å²) in [6.45, 7) is 4.17. The largest absolute Gasteiger partial charge is 0.364 e. The van der Waals surface area contributed by atoms with E-state index in [4.69, 9.17) is 0 Å². The maximum absolute atomic E-state index is 12.9. The molecule has 1 aromatic heterocycles. The van der Waals surface area contributed by atoms with Crippen LogP contribution >= 0.6 is 0 Å². The van der Waals surface area contributed by atoms with Gasteiger partial charge in [-0.05, 0) is 36.6 Å². The summed E-state index contributed by atoms with van der Waals surface area (Å²) in [5, 5.41) is 6.12. The van der Waals surface area contributed by atoms with Gasteiger partial charge in [-0.3, -0.25) is 9.59 Å². The molecule has 2 N–H and O–H groups in total. The lowest BCUT2D eigenvalue weighted by molar-refractivity contribution is -0.117. The zero-order valence-electron chi connectivity index (χ0n) is 14.4. The molecular weight excluding hydrogens is 316 g/mol. The van der Waals surface area contributed by atoms with Crippen LogP contribution in [-0.4, -0.2) is 34.4 Å². The fourth-order valence-corrected chi connectivity index (χ4v) is 2.94. The number of nitrogens with zero attached hydrogens (tertiary/aromatic N) is 2. The minimum absolute atomic E-state index is 0.0197. The quantitative estimate of drug-likeness (QED) is 0.879. The average Bonchev–Trinajstić information content (AvgIpc) is 2.59. The Labute approximate surface area is 147 Å². The minimum atomic E-state index is -0.262. The van der Waals surface area contributed by atoms with Gasteiger partial charge in [-0.2, -0.15) is 0 Å². The number of pyridine rings is 1. The lowest BCUT2D eigenvalue weighted by Gasteiger charge is -2.38. The van der Waals surface area contributed by atoms with Gasteiger partial charge < -0.3 is 15.5 Å². The molecule has 6 heteroatoms. The van der Waals surface area contributed by atoms with Crippen molar-refractivity contribution < 1.29 is 9.59 Å². The molecule has 0 saturated carbocycles. The highest BCUT2D eigenvalue weighted by Gasteiger charge is 2.33. The Bertz CT molecular complexity index is 761. The molecule has 1 aromatic carbocycles. The Morgan fingerprint density at radius 2 is 2.00 bits per heavy atom. The van der Waals surface area contributed by atoms with Gasteiger partial charge in [0.25, 0.3) is 5.91 Å². The molecule has 2 heterocycles. The summed E-state index contributed by atoms with van der Waals surface area (Å²) < 4.78 is 0. The molecule has 2 aromatic rings. The Morgan fingerprint density at radius 1 is 1.24 bits per heavy atom. The van der Waals surface area contributed by atoms with Gasteiger partial charge in [0.2, 0.25) is 5.91 Å². The van der Waals surface area contributed by atoms with Crippen LogP contribution < -0.4 is 10.6 Å². The van der Waals surface area contributed by atoms with Crippen LogP contribution in [0.3, 0.4) is 0 Å². The maximum atomic E-state index is 12.9. The third-order valence-corrected chi connectivity index (χ3v) is 4.06. The predicted octanol–water partition coefficient (Wildman–Crippen LogP) is 2.96. The van der Waals surface area contributed by atoms with E-state index in [1.165, 1.54) is 0 Å². The number of hydrogen-bond donors (Lipinski definition) is 2. The molecule has 130 valence electrons. The number of fused-ring (bicyclic) bond motifs is 1. The monoisotopic (exact) mass is 338 g/mol. The van der Waals surface area contributed by atoms with Crippen LogP contribution in [0, 0.1) is 5.92 Å². The van der Waals surface area contributed by atoms with Crippen LogP contribution in [0.5, 0.6) is 0 Å². The second-order valence-electron chi connectivity index (χ2n) is 6.53. The van der Waals surface area contributed by atoms with E-state index in [-0.39, 0.29) is 24.5 Å². The first-order valence-electron chi connectivity index (χ1n) is 8.42. The Kier molecular flexibility index (Phi) is 4.97. The Morgan fingerprint density at radius 3 is 2.72 bits per heavy atom. The zero-order valence-corrected chi connectivity index (χ0v) is 14.4. The van der Waals surface area contributed by atoms with Crippen molar-refractivity contribution in [3.63, 3.8) is 0 Å². The van der Waals surface area contributed by atoms with E-state index in [0.717, 1.165) is 12.1 Å². The van der Waals surface area contributed by atoms with E-state index in [2.05, 4.69) is 29.5 Å². The summed E-state index contributed by atoms with van der Waals surface area (Å²) in [6, 6.07) is 12.7. The van der Waals surface area contributed by atoms with Gasteiger partial charge in [0.1, 0.15) is 18.5 Å². The summed E-state index contributed by atoms with van der Waals surface area (Å²) in [6.07, 6.45) is 2.16. The average molecular weight is 338 g/mol. The molecule has 2 amide bonds. The van der Waals surface area contributed by atoms with Crippen LogP contribution in [-0.2, 0) is 4.79 Å². The number of para-hydroxylation sites is 1. The Balaban J connectivity index is 1.79. The molecule has 6 nitrogen and oxygen atoms in total. The molecular formula is C19H22N4O2. The van der Waals surface area contributed by atoms with E-state index in [0.29, 0.717) is 17.3 Å². The number of benzene rings is 1. The van der Waals surface area contributed by atoms with Gasteiger partial charge in [-0.25, -0.2) is 4.98 Å². The van der Waals surface area contributed by atoms with E-state index in [1.54, 1.807) is 35.4 Å². The lowest BCUT2D eigenvalue weighted by atomic mass is 10.0. The first-order chi connectivity index (χ1) is 12.0. The minimum Gasteiger partial charge on any atom is -0.364 e. The second kappa shape index (κ2) is 7.34. The molecule has 0 bridgehead atoms. The summed E-state index contributed by atoms with van der Waals surface area (Å²) in [7, 11) is 0. The zero-order chi connectivity index (χ0) is 17.8. The van der Waals surface area contributed by atoms with Crippen molar-refractivity contribution in [2.24, 2.45) is 5.92 Å². The highest BCUT2D eigenvalue weighted by Crippen LogP contribution is 2.27. The molecule has 1 atom stereocenters. The van der Waals surface area contributed by atoms with Crippen LogP contribution in [0.2, 0.25) is 0 Å². The van der Waals surface area contributed by atoms with Gasteiger partial charge in [0.15, 0.2) is 0 Å². The number of hydrogen-bond acceptors (Lipinski definition) is 4. The first-order valence-corrected chi connectivity index (χ1v) is 8.42. The third kappa shape index (κ3) is 3.96. The summed E-state index contributed by atoms with van der Waals surface area (Å²) in [4.78, 5) is 31.0. The summed E-state index contributed by atoms with van der Waals surface area (Å²) in [5.74, 6) is 0.473. The third-order valence-electron chi connectivity index (χ3n) is 4.06. The van der Waals surface area contributed by atoms with Gasteiger partial charge in [-0.15, -0.1) is 0 Å². The van der Waals surface area contributed by atoms with E-state index in [9.17, 15) is 9.59 Å². The molecule has 0 fully saturated rings. The van der Waals surface area contributed by atoms with Gasteiger partial charge in [0.05, 0.1) is 5.56 Å². The van der Waals surface area contributed by atoms with Crippen molar-refractivity contribution in [1.29, 1.82) is 0 Å². The number of carbonyl (C=O) groups is 2. The Hall–Kier alpha value is -2.89. The van der Waals surface area contributed by atoms with Crippen LogP contribution in [0.4, 0.5) is 11.5 Å². The molecule has 1 aliphatic heterocycles. The normalized spacial score (nSPS) is 16.4. The van der Waals surface area contributed by atoms with Gasteiger partial charge in [-0.1, -0.05) is 32.0 Å². The standard InChI is InChI=1S/C19H22N4O2/c1-13(2)11-17-21-15-8-4-3-7-14(15)19(25)23(17)12-18(24)22-16-9-5-6-10-20-16/h3-10,13,17,21H,11-12H2,1-2H3,(H,20,22,24). The molecule has 1 aliphatic rings. The van der Waals surface area contributed by atoms with Crippen molar-refractivity contribution >= 4 is 23.3 Å². The van der Waals surface area contributed by atoms with Crippen molar-refractivity contribution in [2.75, 3.05) is 17.2 Å². The molecule has 25 heavy (non-hydrogen) atoms. The number of aromatic nitrogens is 1. The van der Waals surface area contributed by atoms with E-state index >= 15 is 0 Å². The summed E-state index contributed by atoms with van der Waals surface area (Å²) >= 11 is 0. The predicted molar refractivity (Wildman–Crippen MR) is 97.2 cm³/mol. The van der Waals surface area contributed by atoms with E-state index < -0.39 is 0 Å². The van der Waals surface area contributed by atoms with Crippen molar-refractivity contribution in [1.82, 2.24) is 9.88 Å². The fraction of sp³-hybridized carbons (Fsp3) is 0.316. The summed E-state index contributed by atoms with van der Waals surface area (Å²) in [5.41, 5.74) is 1.41. The van der Waals surface area contributed by atoms with Gasteiger partial charge in [0, 0.05) is 11.9 Å². The lowest BCUT2D eigenvalue weighted by Crippen LogP contribution is -2.52. The first kappa shape index (κ1) is 17.0. The highest BCUT2D eigenvalue weighted by atomic mass is 16.2. The smallest absolute Gasteiger partial charge is 0.258 e. The maximum Gasteiger partial charge on any atom is 0.258 e. The van der Waals surface area contributed by atoms with Crippen LogP contribution in [0.15, 0.2) is 48.7 Å². The number of carbonyl (C=O) groups excluding carboxylic acids is 2. The number of rotatable bonds is 5. The fourth-order valence-electron chi connectivity index (χ4n) is 2.94. The SMILES string of the molecule is CC(C)CC1Nc2ccccc2C(=O)N1CC(=O)Nc1ccccn1. The van der Waals surface area contributed by atoms with Crippen molar-refractivity contribution in [2.45, 2.75) is 26.4 Å². The van der Waals surface area contributed by atoms with Gasteiger partial charge >= 0.3 is 0 Å². The topological polar surface area (TPSA) is 74.3 Å².